The lowest BCUT2D eigenvalue weighted by molar-refractivity contribution is -0.179. The first-order valence-electron chi connectivity index (χ1n) is 16.0. The maximum atomic E-state index is 13.6. The minimum atomic E-state index is -1.20. The van der Waals surface area contributed by atoms with E-state index in [0.29, 0.717) is 16.3 Å². The molecule has 0 aromatic heterocycles. The predicted octanol–water partition coefficient (Wildman–Crippen LogP) is 5.12. The Balaban J connectivity index is 1.61. The summed E-state index contributed by atoms with van der Waals surface area (Å²) < 4.78 is 23.1. The second-order valence-corrected chi connectivity index (χ2v) is 13.7. The molecule has 6 atom stereocenters. The predicted molar refractivity (Wildman–Crippen MR) is 177 cm³/mol. The second-order valence-electron chi connectivity index (χ2n) is 13.3. The summed E-state index contributed by atoms with van der Waals surface area (Å²) >= 11 is 6.32. The van der Waals surface area contributed by atoms with E-state index < -0.39 is 47.4 Å². The number of halogens is 1. The summed E-state index contributed by atoms with van der Waals surface area (Å²) in [5.74, 6) is -2.06. The number of hydrogen-bond donors (Lipinski definition) is 2. The summed E-state index contributed by atoms with van der Waals surface area (Å²) in [7, 11) is 1.51. The van der Waals surface area contributed by atoms with Crippen molar-refractivity contribution < 1.29 is 38.1 Å². The van der Waals surface area contributed by atoms with Crippen LogP contribution in [0.4, 0.5) is 0 Å². The first-order chi connectivity index (χ1) is 22.3. The number of nitrogens with one attached hydrogen (secondary N) is 2. The van der Waals surface area contributed by atoms with Crippen LogP contribution in [0, 0.1) is 17.3 Å². The quantitative estimate of drug-likeness (QED) is 0.293. The van der Waals surface area contributed by atoms with Gasteiger partial charge in [-0.3, -0.25) is 14.4 Å². The number of epoxide rings is 1. The largest absolute Gasteiger partial charge is 0.495 e. The van der Waals surface area contributed by atoms with Crippen molar-refractivity contribution in [1.29, 1.82) is 0 Å². The van der Waals surface area contributed by atoms with E-state index in [1.165, 1.54) is 13.2 Å². The fraction of sp³-hybridized carbons (Fsp3) is 0.500. The van der Waals surface area contributed by atoms with Gasteiger partial charge in [0, 0.05) is 25.3 Å². The number of ether oxygens (including phenoxy) is 4. The lowest BCUT2D eigenvalue weighted by atomic mass is 9.92. The zero-order valence-corrected chi connectivity index (χ0v) is 28.5. The van der Waals surface area contributed by atoms with Gasteiger partial charge >= 0.3 is 11.9 Å². The smallest absolute Gasteiger partial charge is 0.347 e. The van der Waals surface area contributed by atoms with Crippen molar-refractivity contribution in [2.75, 3.05) is 13.7 Å². The van der Waals surface area contributed by atoms with E-state index in [0.717, 1.165) is 5.56 Å². The Hall–Kier alpha value is -3.89. The van der Waals surface area contributed by atoms with Crippen LogP contribution in [0.2, 0.25) is 5.02 Å². The molecule has 47 heavy (non-hydrogen) atoms. The lowest BCUT2D eigenvalue weighted by Gasteiger charge is -2.29. The lowest BCUT2D eigenvalue weighted by Crippen LogP contribution is -2.51. The fourth-order valence-corrected chi connectivity index (χ4v) is 5.75. The van der Waals surface area contributed by atoms with Crippen molar-refractivity contribution in [1.82, 2.24) is 10.6 Å². The number of rotatable bonds is 8. The minimum absolute atomic E-state index is 0.0228. The van der Waals surface area contributed by atoms with Crippen LogP contribution in [0.5, 0.6) is 5.75 Å². The molecule has 1 fully saturated rings. The molecule has 1 saturated heterocycles. The molecule has 2 aromatic carbocycles. The Morgan fingerprint density at radius 3 is 2.40 bits per heavy atom. The Morgan fingerprint density at radius 2 is 1.74 bits per heavy atom. The second kappa shape index (κ2) is 15.8. The Bertz CT molecular complexity index is 1460. The van der Waals surface area contributed by atoms with E-state index in [2.05, 4.69) is 10.6 Å². The number of carbonyl (C=O) groups is 4. The third-order valence-electron chi connectivity index (χ3n) is 8.41. The maximum Gasteiger partial charge on any atom is 0.347 e. The van der Waals surface area contributed by atoms with Crippen LogP contribution in [-0.4, -0.2) is 61.8 Å². The topological polar surface area (TPSA) is 133 Å². The van der Waals surface area contributed by atoms with Crippen LogP contribution in [0.25, 0.3) is 0 Å². The molecule has 0 unspecified atom stereocenters. The van der Waals surface area contributed by atoms with E-state index in [4.69, 9.17) is 30.5 Å². The van der Waals surface area contributed by atoms with Gasteiger partial charge in [-0.15, -0.1) is 0 Å². The van der Waals surface area contributed by atoms with Crippen LogP contribution in [0.1, 0.15) is 64.7 Å². The molecule has 2 aliphatic rings. The van der Waals surface area contributed by atoms with Crippen molar-refractivity contribution in [3.8, 4) is 5.75 Å². The number of carbonyl (C=O) groups excluding carboxylic acids is 4. The van der Waals surface area contributed by atoms with E-state index >= 15 is 0 Å². The van der Waals surface area contributed by atoms with Gasteiger partial charge in [-0.1, -0.05) is 74.8 Å². The molecule has 0 bridgehead atoms. The molecule has 2 aliphatic heterocycles. The molecule has 11 heteroatoms. The van der Waals surface area contributed by atoms with Gasteiger partial charge in [0.25, 0.3) is 0 Å². The van der Waals surface area contributed by atoms with E-state index in [1.807, 2.05) is 51.1 Å². The van der Waals surface area contributed by atoms with Gasteiger partial charge in [0.2, 0.25) is 11.8 Å². The van der Waals surface area contributed by atoms with Crippen LogP contribution < -0.4 is 15.4 Å². The molecule has 0 spiro atoms. The third kappa shape index (κ3) is 9.81. The normalized spacial score (nSPS) is 26.8. The maximum absolute atomic E-state index is 13.6. The molecule has 2 heterocycles. The molecule has 2 aromatic rings. The van der Waals surface area contributed by atoms with Gasteiger partial charge in [0.1, 0.15) is 24.0 Å². The van der Waals surface area contributed by atoms with Gasteiger partial charge in [0.15, 0.2) is 6.10 Å². The van der Waals surface area contributed by atoms with E-state index in [-0.39, 0.29) is 49.9 Å². The highest BCUT2D eigenvalue weighted by atomic mass is 35.5. The average molecular weight is 669 g/mol. The number of benzene rings is 2. The number of methoxy groups -OCH3 is 1. The Kier molecular flexibility index (Phi) is 12.1. The highest BCUT2D eigenvalue weighted by molar-refractivity contribution is 6.32. The summed E-state index contributed by atoms with van der Waals surface area (Å²) in [5, 5.41) is 5.91. The standard InChI is InChI=1S/C36H45ClN2O8/c1-21(2)17-29-34(42)45-27(22(3)31-32(47-31)24-11-8-7-9-12-24)13-10-14-30(40)39-26(19-23-15-16-28(44-6)25(37)18-23)33(41)38-20-36(4,5)35(43)46-29/h7-12,14-16,18,21-22,26-27,29,31-32H,13,17,19-20H2,1-6H3,(H,38,41)(H,39,40)/b14-10+/t22-,26+,27-,29-,31-,32-/m0/s1. The molecular formula is C36H45ClN2O8. The molecule has 2 N–H and O–H groups in total. The summed E-state index contributed by atoms with van der Waals surface area (Å²) in [6.45, 7) is 8.92. The third-order valence-corrected chi connectivity index (χ3v) is 8.70. The summed E-state index contributed by atoms with van der Waals surface area (Å²) in [5.41, 5.74) is 0.524. The molecule has 0 radical (unpaired) electrons. The van der Waals surface area contributed by atoms with Gasteiger partial charge in [-0.2, -0.15) is 0 Å². The SMILES string of the molecule is COc1ccc(C[C@H]2NC(=O)/C=C/C[C@@H]([C@H](C)[C@@H]3O[C@H]3c3ccccc3)OC(=O)[C@H](CC(C)C)OC(=O)C(C)(C)CNC2=O)cc1Cl. The first kappa shape index (κ1) is 36.0. The number of esters is 2. The zero-order chi connectivity index (χ0) is 34.3. The van der Waals surface area contributed by atoms with Crippen molar-refractivity contribution in [2.45, 2.75) is 84.3 Å². The Morgan fingerprint density at radius 1 is 1.02 bits per heavy atom. The van der Waals surface area contributed by atoms with Crippen LogP contribution >= 0.6 is 11.6 Å². The molecule has 254 valence electrons. The van der Waals surface area contributed by atoms with Gasteiger partial charge < -0.3 is 29.6 Å². The molecule has 10 nitrogen and oxygen atoms in total. The zero-order valence-electron chi connectivity index (χ0n) is 27.8. The van der Waals surface area contributed by atoms with E-state index in [9.17, 15) is 19.2 Å². The summed E-state index contributed by atoms with van der Waals surface area (Å²) in [4.78, 5) is 53.6. The van der Waals surface area contributed by atoms with Crippen molar-refractivity contribution in [3.63, 3.8) is 0 Å². The fourth-order valence-electron chi connectivity index (χ4n) is 5.46. The highest BCUT2D eigenvalue weighted by Crippen LogP contribution is 2.45. The van der Waals surface area contributed by atoms with Crippen molar-refractivity contribution in [2.24, 2.45) is 17.3 Å². The van der Waals surface area contributed by atoms with Gasteiger partial charge in [0.05, 0.1) is 23.7 Å². The van der Waals surface area contributed by atoms with Crippen LogP contribution in [-0.2, 0) is 39.8 Å². The highest BCUT2D eigenvalue weighted by Gasteiger charge is 2.48. The van der Waals surface area contributed by atoms with Crippen molar-refractivity contribution in [3.05, 3.63) is 76.8 Å². The number of hydrogen-bond acceptors (Lipinski definition) is 8. The molecule has 4 rings (SSSR count). The molecule has 2 amide bonds. The van der Waals surface area contributed by atoms with Crippen LogP contribution in [0.3, 0.4) is 0 Å². The summed E-state index contributed by atoms with van der Waals surface area (Å²) in [6, 6.07) is 13.9. The Labute approximate surface area is 281 Å². The monoisotopic (exact) mass is 668 g/mol. The van der Waals surface area contributed by atoms with Crippen LogP contribution in [0.15, 0.2) is 60.7 Å². The number of cyclic esters (lactones) is 2. The molecule has 0 aliphatic carbocycles. The minimum Gasteiger partial charge on any atom is -0.495 e. The first-order valence-corrected chi connectivity index (χ1v) is 16.4. The van der Waals surface area contributed by atoms with Crippen molar-refractivity contribution >= 4 is 35.4 Å². The van der Waals surface area contributed by atoms with E-state index in [1.54, 1.807) is 38.1 Å². The summed E-state index contributed by atoms with van der Waals surface area (Å²) in [6.07, 6.45) is 1.34. The number of amides is 2. The van der Waals surface area contributed by atoms with Gasteiger partial charge in [-0.25, -0.2) is 4.79 Å². The van der Waals surface area contributed by atoms with Gasteiger partial charge in [-0.05, 0) is 55.5 Å². The molecule has 0 saturated carbocycles. The molecular weight excluding hydrogens is 624 g/mol. The average Bonchev–Trinajstić information content (AvgIpc) is 3.83.